The number of carbonyl (C=O) groups is 4. The topological polar surface area (TPSA) is 218 Å². The third kappa shape index (κ3) is 8.06. The van der Waals surface area contributed by atoms with Gasteiger partial charge in [-0.2, -0.15) is 0 Å². The van der Waals surface area contributed by atoms with Crippen LogP contribution in [0.15, 0.2) is 71.8 Å². The van der Waals surface area contributed by atoms with E-state index in [1.54, 1.807) is 102 Å². The first-order valence-electron chi connectivity index (χ1n) is 23.4. The van der Waals surface area contributed by atoms with Crippen molar-refractivity contribution in [2.24, 2.45) is 16.7 Å². The molecule has 15 atom stereocenters. The number of amides is 1. The van der Waals surface area contributed by atoms with Gasteiger partial charge in [-0.3, -0.25) is 9.69 Å². The zero-order valence-corrected chi connectivity index (χ0v) is 39.3. The van der Waals surface area contributed by atoms with E-state index in [4.69, 9.17) is 37.9 Å². The number of nitrogens with zero attached hydrogens (tertiary/aromatic N) is 1. The number of carbonyl (C=O) groups excluding carboxylic acids is 4. The van der Waals surface area contributed by atoms with Gasteiger partial charge < -0.3 is 58.5 Å². The Kier molecular flexibility index (Phi) is 12.2. The number of esters is 3. The van der Waals surface area contributed by atoms with Crippen molar-refractivity contribution in [1.82, 2.24) is 10.2 Å². The second-order valence-electron chi connectivity index (χ2n) is 21.2. The largest absolute Gasteiger partial charge is 0.456 e. The number of nitrogens with one attached hydrogen (secondary N) is 1. The summed E-state index contributed by atoms with van der Waals surface area (Å²) in [6.07, 6.45) is -10.1. The Labute approximate surface area is 390 Å². The molecule has 17 nitrogen and oxygen atoms in total. The Bertz CT molecular complexity index is 2270. The predicted molar refractivity (Wildman–Crippen MR) is 236 cm³/mol. The Morgan fingerprint density at radius 2 is 1.64 bits per heavy atom. The summed E-state index contributed by atoms with van der Waals surface area (Å²) < 4.78 is 50.9. The highest BCUT2D eigenvalue weighted by atomic mass is 16.7. The highest BCUT2D eigenvalue weighted by molar-refractivity contribution is 5.89. The molecule has 4 aliphatic heterocycles. The lowest BCUT2D eigenvalue weighted by molar-refractivity contribution is -0.362. The predicted octanol–water partition coefficient (Wildman–Crippen LogP) is 3.91. The molecule has 9 rings (SSSR count). The molecule has 4 N–H and O–H groups in total. The number of aliphatic hydroxyl groups is 3. The Balaban J connectivity index is 1.18. The fourth-order valence-corrected chi connectivity index (χ4v) is 12.4. The number of hydrogen-bond acceptors (Lipinski definition) is 16. The molecule has 7 aliphatic rings. The van der Waals surface area contributed by atoms with Gasteiger partial charge in [-0.1, -0.05) is 69.3 Å². The highest BCUT2D eigenvalue weighted by Crippen LogP contribution is 2.67. The van der Waals surface area contributed by atoms with Gasteiger partial charge in [0.15, 0.2) is 18.0 Å². The van der Waals surface area contributed by atoms with Crippen LogP contribution in [0, 0.1) is 16.7 Å². The van der Waals surface area contributed by atoms with Crippen LogP contribution in [-0.2, 0) is 47.5 Å². The molecular weight excluding hydrogens is 869 g/mol. The van der Waals surface area contributed by atoms with Crippen LogP contribution in [-0.4, -0.2) is 148 Å². The van der Waals surface area contributed by atoms with Gasteiger partial charge in [0, 0.05) is 43.2 Å². The van der Waals surface area contributed by atoms with E-state index >= 15 is 0 Å². The number of aliphatic hydroxyl groups excluding tert-OH is 2. The molecule has 2 aromatic carbocycles. The van der Waals surface area contributed by atoms with Crippen LogP contribution < -0.4 is 5.32 Å². The van der Waals surface area contributed by atoms with Gasteiger partial charge in [0.25, 0.3) is 0 Å². The van der Waals surface area contributed by atoms with Crippen molar-refractivity contribution in [2.45, 2.75) is 159 Å². The quantitative estimate of drug-likeness (QED) is 0.151. The number of likely N-dealkylation sites (tertiary alicyclic amines) is 1. The Morgan fingerprint density at radius 1 is 0.955 bits per heavy atom. The van der Waals surface area contributed by atoms with Gasteiger partial charge in [0.2, 0.25) is 0 Å². The minimum atomic E-state index is -2.19. The standard InChI is InChI=1S/C50H64N2O15/c1-26-32(62-44(57)38(55)37(28-15-11-9-12-16-28)51-45(58)67-46(3,4)5)21-50(59)42(65-43(56)29-17-13-10-14-18-29)40-48(8,33(54)20-34-49(40,25-61-34)66-27(2)53)41-39(36(26)47(50,6)7)63-35(64-41)23-52-22-31-19-30(52)24-60-31/h9-18,30-35,37-42,54-55,59H,19-25H2,1-8H3,(H,51,58)/t30-,31-,32+,33+,34?,35?,37+,38-,39-,40+,41-,42+,48-,49+,50-/m1/s1. The smallest absolute Gasteiger partial charge is 0.408 e. The van der Waals surface area contributed by atoms with Crippen molar-refractivity contribution >= 4 is 24.0 Å². The van der Waals surface area contributed by atoms with E-state index in [0.717, 1.165) is 6.42 Å². The van der Waals surface area contributed by atoms with Crippen LogP contribution in [0.5, 0.6) is 0 Å². The van der Waals surface area contributed by atoms with Crippen molar-refractivity contribution < 1.29 is 72.4 Å². The zero-order chi connectivity index (χ0) is 48.0. The number of alkyl carbamates (subject to hydrolysis) is 1. The lowest BCUT2D eigenvalue weighted by Crippen LogP contribution is -2.82. The van der Waals surface area contributed by atoms with Crippen LogP contribution in [0.1, 0.15) is 96.6 Å². The van der Waals surface area contributed by atoms with E-state index in [1.807, 2.05) is 6.92 Å². The molecule has 2 saturated carbocycles. The molecule has 17 heteroatoms. The normalized spacial score (nSPS) is 38.1. The molecule has 2 aromatic rings. The number of hydrogen-bond donors (Lipinski definition) is 4. The van der Waals surface area contributed by atoms with E-state index in [1.165, 1.54) is 6.92 Å². The molecule has 4 saturated heterocycles. The first kappa shape index (κ1) is 47.6. The number of benzene rings is 2. The van der Waals surface area contributed by atoms with Crippen LogP contribution in [0.2, 0.25) is 0 Å². The minimum absolute atomic E-state index is 0.0297. The second kappa shape index (κ2) is 17.2. The molecule has 4 bridgehead atoms. The third-order valence-electron chi connectivity index (χ3n) is 15.7. The van der Waals surface area contributed by atoms with E-state index in [0.29, 0.717) is 36.4 Å². The molecule has 1 amide bonds. The maximum Gasteiger partial charge on any atom is 0.408 e. The summed E-state index contributed by atoms with van der Waals surface area (Å²) in [6, 6.07) is 15.5. The molecule has 2 unspecified atom stereocenters. The minimum Gasteiger partial charge on any atom is -0.456 e. The van der Waals surface area contributed by atoms with E-state index in [9.17, 15) is 34.5 Å². The zero-order valence-electron chi connectivity index (χ0n) is 39.3. The van der Waals surface area contributed by atoms with Crippen molar-refractivity contribution in [3.63, 3.8) is 0 Å². The Morgan fingerprint density at radius 3 is 2.24 bits per heavy atom. The highest BCUT2D eigenvalue weighted by Gasteiger charge is 2.79. The Hall–Kier alpha value is -4.46. The molecule has 67 heavy (non-hydrogen) atoms. The summed E-state index contributed by atoms with van der Waals surface area (Å²) in [5.74, 6) is -3.78. The van der Waals surface area contributed by atoms with Gasteiger partial charge in [-0.05, 0) is 63.0 Å². The maximum atomic E-state index is 14.6. The van der Waals surface area contributed by atoms with E-state index < -0.39 is 113 Å². The molecule has 3 aliphatic carbocycles. The van der Waals surface area contributed by atoms with E-state index in [-0.39, 0.29) is 37.2 Å². The molecular formula is C50H64N2O15. The second-order valence-corrected chi connectivity index (χ2v) is 21.2. The monoisotopic (exact) mass is 932 g/mol. The summed E-state index contributed by atoms with van der Waals surface area (Å²) in [5, 5.41) is 41.2. The average molecular weight is 933 g/mol. The average Bonchev–Trinajstić information content (AvgIpc) is 4.01. The van der Waals surface area contributed by atoms with Gasteiger partial charge >= 0.3 is 24.0 Å². The van der Waals surface area contributed by atoms with E-state index in [2.05, 4.69) is 10.2 Å². The summed E-state index contributed by atoms with van der Waals surface area (Å²) in [4.78, 5) is 57.8. The number of rotatable bonds is 10. The number of morpholine rings is 1. The SMILES string of the molecule is CC(=O)O[C@@]12COC1C[C@H](O)[C@@]1(C)[C@@H]3OC(CN4C[C@H]5C[C@@H]4CO5)O[C@@H]3C3=C(C)[C@@H](OC(=O)[C@H](O)[C@@H](NC(=O)OC(C)(C)C)c4ccccc4)C[C@@](O)([C@@H](OC(=O)c4ccccc4)[C@@H]12)C3(C)C. The lowest BCUT2D eigenvalue weighted by atomic mass is 9.44. The number of fused-ring (bicyclic) bond motifs is 10. The van der Waals surface area contributed by atoms with Crippen LogP contribution in [0.25, 0.3) is 0 Å². The lowest BCUT2D eigenvalue weighted by Gasteiger charge is -2.68. The van der Waals surface area contributed by atoms with Crippen molar-refractivity contribution in [1.29, 1.82) is 0 Å². The van der Waals surface area contributed by atoms with Crippen LogP contribution >= 0.6 is 0 Å². The molecule has 4 heterocycles. The van der Waals surface area contributed by atoms with Gasteiger partial charge in [-0.15, -0.1) is 0 Å². The van der Waals surface area contributed by atoms with Gasteiger partial charge in [0.05, 0.1) is 55.6 Å². The summed E-state index contributed by atoms with van der Waals surface area (Å²) in [7, 11) is 0. The first-order chi connectivity index (χ1) is 31.6. The van der Waals surface area contributed by atoms with Crippen molar-refractivity contribution in [2.75, 3.05) is 26.3 Å². The first-order valence-corrected chi connectivity index (χ1v) is 23.4. The molecule has 6 fully saturated rings. The van der Waals surface area contributed by atoms with Crippen LogP contribution in [0.3, 0.4) is 0 Å². The summed E-state index contributed by atoms with van der Waals surface area (Å²) in [5.41, 5.74) is -5.94. The molecule has 0 aromatic heterocycles. The summed E-state index contributed by atoms with van der Waals surface area (Å²) >= 11 is 0. The van der Waals surface area contributed by atoms with Gasteiger partial charge in [-0.25, -0.2) is 14.4 Å². The van der Waals surface area contributed by atoms with Gasteiger partial charge in [0.1, 0.15) is 35.6 Å². The molecule has 364 valence electrons. The van der Waals surface area contributed by atoms with Crippen molar-refractivity contribution in [3.05, 3.63) is 82.9 Å². The molecule has 0 spiro atoms. The number of ether oxygens (including phenoxy) is 8. The molecule has 0 radical (unpaired) electrons. The maximum absolute atomic E-state index is 14.6. The fraction of sp³-hybridized carbons (Fsp3) is 0.640. The fourth-order valence-electron chi connectivity index (χ4n) is 12.4. The van der Waals surface area contributed by atoms with Crippen LogP contribution in [0.4, 0.5) is 4.79 Å². The summed E-state index contributed by atoms with van der Waals surface area (Å²) in [6.45, 7) is 15.0. The third-order valence-corrected chi connectivity index (χ3v) is 15.7. The van der Waals surface area contributed by atoms with Crippen molar-refractivity contribution in [3.8, 4) is 0 Å².